The van der Waals surface area contributed by atoms with Crippen LogP contribution in [-0.2, 0) is 6.42 Å². The zero-order chi connectivity index (χ0) is 24.6. The van der Waals surface area contributed by atoms with E-state index in [-0.39, 0.29) is 5.92 Å². The van der Waals surface area contributed by atoms with Gasteiger partial charge in [0.25, 0.3) is 0 Å². The Morgan fingerprint density at radius 3 is 2.46 bits per heavy atom. The van der Waals surface area contributed by atoms with Crippen LogP contribution >= 0.6 is 11.3 Å². The maximum absolute atomic E-state index is 5.99. The molecule has 3 nitrogen and oxygen atoms in total. The summed E-state index contributed by atoms with van der Waals surface area (Å²) in [6.45, 7) is 0. The molecule has 2 aliphatic carbocycles. The van der Waals surface area contributed by atoms with Crippen LogP contribution in [0.3, 0.4) is 0 Å². The fourth-order valence-electron chi connectivity index (χ4n) is 5.28. The molecule has 2 unspecified atom stereocenters. The molecule has 4 heteroatoms. The van der Waals surface area contributed by atoms with Crippen molar-refractivity contribution in [1.29, 1.82) is 0 Å². The molecule has 0 spiro atoms. The number of nitrogens with zero attached hydrogens (tertiary/aromatic N) is 2. The van der Waals surface area contributed by atoms with Crippen molar-refractivity contribution in [2.45, 2.75) is 31.1 Å². The summed E-state index contributed by atoms with van der Waals surface area (Å²) in [5, 5.41) is 1.20. The lowest BCUT2D eigenvalue weighted by atomic mass is 9.92. The van der Waals surface area contributed by atoms with Gasteiger partial charge in [0.05, 0.1) is 22.2 Å². The third-order valence-corrected chi connectivity index (χ3v) is 8.42. The summed E-state index contributed by atoms with van der Waals surface area (Å²) in [5.41, 5.74) is 5.62. The van der Waals surface area contributed by atoms with E-state index in [9.17, 15) is 0 Å². The smallest absolute Gasteiger partial charge is 0.136 e. The molecule has 0 radical (unpaired) electrons. The predicted octanol–water partition coefficient (Wildman–Crippen LogP) is 8.72. The molecule has 2 aromatic carbocycles. The van der Waals surface area contributed by atoms with E-state index in [0.717, 1.165) is 52.3 Å². The molecule has 2 atom stereocenters. The highest BCUT2D eigenvalue weighted by atomic mass is 32.1. The van der Waals surface area contributed by atoms with E-state index in [4.69, 9.17) is 14.7 Å². The number of allylic oxidation sites excluding steroid dienone is 11. The summed E-state index contributed by atoms with van der Waals surface area (Å²) in [7, 11) is 0. The average molecular weight is 499 g/mol. The zero-order valence-corrected chi connectivity index (χ0v) is 21.2. The minimum absolute atomic E-state index is 0.176. The number of ether oxygens (including phenoxy) is 1. The fraction of sp³-hybridized carbons (Fsp3) is 0.152. The summed E-state index contributed by atoms with van der Waals surface area (Å²) in [6.07, 6.45) is 28.1. The standard InChI is InChI=1S/C33H26N2OS/c1-4-10-22(11-5-1)25-17-18-27-29(21-25)37-32-30(34-33(35-31(27)32)24-13-6-2-7-14-24)26-16-15-23-12-8-3-9-19-36-28(23)20-26/h1-10,13,15-22,24H,11-12,14H2/b8-3-,19-9-. The second-order valence-corrected chi connectivity index (χ2v) is 10.7. The predicted molar refractivity (Wildman–Crippen MR) is 154 cm³/mol. The molecule has 180 valence electrons. The first-order chi connectivity index (χ1) is 18.3. The van der Waals surface area contributed by atoms with Crippen molar-refractivity contribution < 1.29 is 4.74 Å². The van der Waals surface area contributed by atoms with E-state index in [1.807, 2.05) is 12.2 Å². The zero-order valence-electron chi connectivity index (χ0n) is 20.4. The first-order valence-electron chi connectivity index (χ1n) is 12.9. The summed E-state index contributed by atoms with van der Waals surface area (Å²) < 4.78 is 8.38. The van der Waals surface area contributed by atoms with Gasteiger partial charge in [-0.1, -0.05) is 85.0 Å². The number of hydrogen-bond acceptors (Lipinski definition) is 4. The lowest BCUT2D eigenvalue weighted by molar-refractivity contribution is 0.475. The summed E-state index contributed by atoms with van der Waals surface area (Å²) in [6, 6.07) is 13.4. The maximum atomic E-state index is 5.99. The summed E-state index contributed by atoms with van der Waals surface area (Å²) >= 11 is 1.80. The molecule has 37 heavy (non-hydrogen) atoms. The van der Waals surface area contributed by atoms with Crippen molar-refractivity contribution >= 4 is 31.6 Å². The van der Waals surface area contributed by atoms with Crippen molar-refractivity contribution in [3.05, 3.63) is 126 Å². The first kappa shape index (κ1) is 22.2. The molecule has 2 aromatic heterocycles. The number of benzene rings is 2. The van der Waals surface area contributed by atoms with Crippen LogP contribution in [0.5, 0.6) is 5.75 Å². The van der Waals surface area contributed by atoms with Gasteiger partial charge in [0.2, 0.25) is 0 Å². The van der Waals surface area contributed by atoms with Crippen LogP contribution in [0.2, 0.25) is 0 Å². The Labute approximate surface area is 220 Å². The van der Waals surface area contributed by atoms with Gasteiger partial charge in [-0.15, -0.1) is 11.3 Å². The molecule has 4 aromatic rings. The Balaban J connectivity index is 1.42. The second-order valence-electron chi connectivity index (χ2n) is 9.68. The van der Waals surface area contributed by atoms with Crippen LogP contribution in [0.25, 0.3) is 31.6 Å². The third-order valence-electron chi connectivity index (χ3n) is 7.28. The number of thiophene rings is 1. The molecular weight excluding hydrogens is 472 g/mol. The van der Waals surface area contributed by atoms with Crippen molar-refractivity contribution in [3.8, 4) is 17.0 Å². The van der Waals surface area contributed by atoms with Crippen LogP contribution in [-0.4, -0.2) is 9.97 Å². The number of hydrogen-bond donors (Lipinski definition) is 0. The van der Waals surface area contributed by atoms with Gasteiger partial charge in [-0.05, 0) is 48.6 Å². The van der Waals surface area contributed by atoms with Crippen LogP contribution in [0.4, 0.5) is 0 Å². The largest absolute Gasteiger partial charge is 0.465 e. The molecule has 0 fully saturated rings. The third kappa shape index (κ3) is 4.17. The topological polar surface area (TPSA) is 35.0 Å². The van der Waals surface area contributed by atoms with Crippen LogP contribution in [0.1, 0.15) is 41.6 Å². The number of fused-ring (bicyclic) bond motifs is 4. The average Bonchev–Trinajstić information content (AvgIpc) is 3.32. The van der Waals surface area contributed by atoms with Crippen molar-refractivity contribution in [2.75, 3.05) is 0 Å². The van der Waals surface area contributed by atoms with Gasteiger partial charge in [0.1, 0.15) is 11.6 Å². The van der Waals surface area contributed by atoms with E-state index in [0.29, 0.717) is 5.92 Å². The van der Waals surface area contributed by atoms with Crippen LogP contribution in [0.15, 0.2) is 109 Å². The van der Waals surface area contributed by atoms with Gasteiger partial charge in [0, 0.05) is 27.5 Å². The molecule has 0 bridgehead atoms. The van der Waals surface area contributed by atoms with Crippen molar-refractivity contribution in [2.24, 2.45) is 0 Å². The molecule has 3 aliphatic rings. The first-order valence-corrected chi connectivity index (χ1v) is 13.7. The molecule has 1 aliphatic heterocycles. The van der Waals surface area contributed by atoms with Gasteiger partial charge in [-0.3, -0.25) is 0 Å². The minimum atomic E-state index is 0.176. The van der Waals surface area contributed by atoms with Gasteiger partial charge in [-0.2, -0.15) is 0 Å². The molecule has 7 rings (SSSR count). The van der Waals surface area contributed by atoms with E-state index < -0.39 is 0 Å². The molecule has 3 heterocycles. The highest BCUT2D eigenvalue weighted by Gasteiger charge is 2.21. The summed E-state index contributed by atoms with van der Waals surface area (Å²) in [5.74, 6) is 2.36. The minimum Gasteiger partial charge on any atom is -0.465 e. The Hall–Kier alpha value is -4.02. The van der Waals surface area contributed by atoms with Gasteiger partial charge < -0.3 is 4.74 Å². The SMILES string of the molecule is C1=CCC(c2ccc3c(c2)sc2c(-c4ccc5c(c4)O/C=C\C=C/C5)nc(C4C=CC=CC4)nc23)C=C1. The number of rotatable bonds is 3. The molecule has 0 saturated heterocycles. The molecule has 0 saturated carbocycles. The molecule has 0 amide bonds. The van der Waals surface area contributed by atoms with E-state index in [1.165, 1.54) is 21.2 Å². The monoisotopic (exact) mass is 498 g/mol. The lowest BCUT2D eigenvalue weighted by Gasteiger charge is -2.15. The maximum Gasteiger partial charge on any atom is 0.136 e. The Morgan fingerprint density at radius 2 is 1.62 bits per heavy atom. The highest BCUT2D eigenvalue weighted by molar-refractivity contribution is 7.26. The van der Waals surface area contributed by atoms with Gasteiger partial charge >= 0.3 is 0 Å². The number of aromatic nitrogens is 2. The van der Waals surface area contributed by atoms with Crippen molar-refractivity contribution in [1.82, 2.24) is 9.97 Å². The Kier molecular flexibility index (Phi) is 5.67. The molecule has 0 N–H and O–H groups in total. The highest BCUT2D eigenvalue weighted by Crippen LogP contribution is 2.42. The summed E-state index contributed by atoms with van der Waals surface area (Å²) in [4.78, 5) is 10.4. The fourth-order valence-corrected chi connectivity index (χ4v) is 6.48. The van der Waals surface area contributed by atoms with E-state index in [2.05, 4.69) is 91.1 Å². The second kappa shape index (κ2) is 9.45. The van der Waals surface area contributed by atoms with Gasteiger partial charge in [0.15, 0.2) is 0 Å². The Bertz CT molecular complexity index is 1700. The normalized spacial score (nSPS) is 21.9. The lowest BCUT2D eigenvalue weighted by Crippen LogP contribution is -2.04. The molecular formula is C33H26N2OS. The van der Waals surface area contributed by atoms with Crippen LogP contribution in [0, 0.1) is 0 Å². The van der Waals surface area contributed by atoms with Gasteiger partial charge in [-0.25, -0.2) is 9.97 Å². The van der Waals surface area contributed by atoms with Crippen LogP contribution < -0.4 is 4.74 Å². The van der Waals surface area contributed by atoms with E-state index in [1.54, 1.807) is 17.6 Å². The van der Waals surface area contributed by atoms with E-state index >= 15 is 0 Å². The Morgan fingerprint density at radius 1 is 0.784 bits per heavy atom. The van der Waals surface area contributed by atoms with Crippen molar-refractivity contribution in [3.63, 3.8) is 0 Å². The quantitative estimate of drug-likeness (QED) is 0.283.